The number of hydrogen-bond acceptors (Lipinski definition) is 5. The van der Waals surface area contributed by atoms with Gasteiger partial charge in [-0.05, 0) is 30.7 Å². The highest BCUT2D eigenvalue weighted by molar-refractivity contribution is 5.78. The Kier molecular flexibility index (Phi) is 3.46. The van der Waals surface area contributed by atoms with Gasteiger partial charge in [-0.2, -0.15) is 0 Å². The topological polar surface area (TPSA) is 79.9 Å². The second kappa shape index (κ2) is 5.64. The van der Waals surface area contributed by atoms with Gasteiger partial charge in [-0.3, -0.25) is 10.9 Å². The molecule has 0 unspecified atom stereocenters. The van der Waals surface area contributed by atoms with Gasteiger partial charge in [-0.25, -0.2) is 19.6 Å². The van der Waals surface area contributed by atoms with E-state index in [1.165, 1.54) is 12.1 Å². The van der Waals surface area contributed by atoms with E-state index in [1.807, 2.05) is 6.08 Å². The Balaban J connectivity index is 1.87. The third-order valence-electron chi connectivity index (χ3n) is 4.17. The molecule has 2 aliphatic rings. The van der Waals surface area contributed by atoms with Crippen LogP contribution in [0.25, 0.3) is 17.0 Å². The number of hydrogen-bond donors (Lipinski definition) is 4. The maximum atomic E-state index is 14.3. The molecule has 0 atom stereocenters. The average molecular weight is 330 g/mol. The molecule has 0 spiro atoms. The number of nitrogens with one attached hydrogen (secondary N) is 3. The number of benzene rings is 1. The zero-order chi connectivity index (χ0) is 16.7. The minimum atomic E-state index is -0.628. The second-order valence-electron chi connectivity index (χ2n) is 5.66. The first-order valence-corrected chi connectivity index (χ1v) is 7.63. The van der Waals surface area contributed by atoms with Crippen molar-refractivity contribution < 1.29 is 8.78 Å². The number of nitrogens with two attached hydrogens (primary N) is 1. The van der Waals surface area contributed by atoms with Crippen LogP contribution in [0.5, 0.6) is 0 Å². The Labute approximate surface area is 137 Å². The summed E-state index contributed by atoms with van der Waals surface area (Å²) in [7, 11) is 0. The Morgan fingerprint density at radius 2 is 2.08 bits per heavy atom. The van der Waals surface area contributed by atoms with Gasteiger partial charge in [-0.1, -0.05) is 0 Å². The minimum Gasteiger partial charge on any atom is -0.326 e. The summed E-state index contributed by atoms with van der Waals surface area (Å²) in [4.78, 5) is 4.60. The smallest absolute Gasteiger partial charge is 0.135 e. The molecule has 2 aliphatic heterocycles. The van der Waals surface area contributed by atoms with Crippen molar-refractivity contribution in [3.8, 4) is 11.3 Å². The van der Waals surface area contributed by atoms with E-state index in [4.69, 9.17) is 5.84 Å². The lowest BCUT2D eigenvalue weighted by Gasteiger charge is -2.20. The lowest BCUT2D eigenvalue weighted by molar-refractivity contribution is 0.585. The molecular formula is C16H16F2N6. The largest absolute Gasteiger partial charge is 0.326 e. The van der Waals surface area contributed by atoms with E-state index in [9.17, 15) is 8.78 Å². The van der Waals surface area contributed by atoms with Crippen molar-refractivity contribution in [1.29, 1.82) is 0 Å². The molecule has 0 bridgehead atoms. The number of imidazole rings is 1. The van der Waals surface area contributed by atoms with Crippen molar-refractivity contribution >= 4 is 5.70 Å². The van der Waals surface area contributed by atoms with Gasteiger partial charge in [0, 0.05) is 24.6 Å². The average Bonchev–Trinajstić information content (AvgIpc) is 3.16. The van der Waals surface area contributed by atoms with Crippen LogP contribution in [-0.4, -0.2) is 9.55 Å². The summed E-state index contributed by atoms with van der Waals surface area (Å²) in [5.74, 6) is 5.63. The minimum absolute atomic E-state index is 0.280. The summed E-state index contributed by atoms with van der Waals surface area (Å²) < 4.78 is 29.6. The van der Waals surface area contributed by atoms with Gasteiger partial charge in [0.15, 0.2) is 0 Å². The highest BCUT2D eigenvalue weighted by atomic mass is 19.1. The van der Waals surface area contributed by atoms with E-state index >= 15 is 0 Å². The highest BCUT2D eigenvalue weighted by Crippen LogP contribution is 2.33. The van der Waals surface area contributed by atoms with Gasteiger partial charge < -0.3 is 9.99 Å². The fourth-order valence-corrected chi connectivity index (χ4v) is 3.08. The van der Waals surface area contributed by atoms with Crippen molar-refractivity contribution in [2.24, 2.45) is 5.84 Å². The molecule has 2 aromatic rings. The van der Waals surface area contributed by atoms with Crippen LogP contribution in [0.1, 0.15) is 17.9 Å². The molecule has 24 heavy (non-hydrogen) atoms. The van der Waals surface area contributed by atoms with Crippen molar-refractivity contribution in [3.63, 3.8) is 0 Å². The van der Waals surface area contributed by atoms with Crippen LogP contribution < -0.4 is 22.1 Å². The Bertz CT molecular complexity index is 868. The molecule has 124 valence electrons. The third-order valence-corrected chi connectivity index (χ3v) is 4.17. The van der Waals surface area contributed by atoms with Gasteiger partial charge >= 0.3 is 0 Å². The molecule has 0 saturated heterocycles. The van der Waals surface area contributed by atoms with Crippen molar-refractivity contribution in [3.05, 3.63) is 59.3 Å². The summed E-state index contributed by atoms with van der Waals surface area (Å²) in [5, 5.41) is 0. The quantitative estimate of drug-likeness (QED) is 0.507. The predicted molar refractivity (Wildman–Crippen MR) is 85.6 cm³/mol. The standard InChI is InChI=1S/C16H16F2N6/c17-9-3-4-10(11(18)8-9)15-16(24-7-1-2-14(24)20-15)12-5-6-13(21-19)23-22-12/h3-6,8,21-23H,1-2,7,19H2. The fourth-order valence-electron chi connectivity index (χ4n) is 3.08. The van der Waals surface area contributed by atoms with Crippen molar-refractivity contribution in [2.75, 3.05) is 0 Å². The number of nitrogens with zero attached hydrogens (tertiary/aromatic N) is 2. The molecule has 1 aromatic carbocycles. The number of allylic oxidation sites excluding steroid dienone is 2. The van der Waals surface area contributed by atoms with E-state index in [1.54, 1.807) is 6.08 Å². The van der Waals surface area contributed by atoms with E-state index < -0.39 is 11.6 Å². The lowest BCUT2D eigenvalue weighted by Crippen LogP contribution is -2.41. The molecule has 0 amide bonds. The molecule has 1 aromatic heterocycles. The number of hydrazine groups is 2. The zero-order valence-corrected chi connectivity index (χ0v) is 12.7. The summed E-state index contributed by atoms with van der Waals surface area (Å²) in [6.45, 7) is 0.811. The summed E-state index contributed by atoms with van der Waals surface area (Å²) in [5.41, 5.74) is 10.7. The SMILES string of the molecule is NNC1=CC=C(c2c(-c3ccc(F)cc3F)nc3n2CCC3)NN1. The molecule has 6 nitrogen and oxygen atoms in total. The van der Waals surface area contributed by atoms with Gasteiger partial charge in [0.2, 0.25) is 0 Å². The third kappa shape index (κ3) is 2.31. The summed E-state index contributed by atoms with van der Waals surface area (Å²) in [6, 6.07) is 3.54. The first-order valence-electron chi connectivity index (χ1n) is 7.63. The number of fused-ring (bicyclic) bond motifs is 1. The Hall–Kier alpha value is -2.87. The summed E-state index contributed by atoms with van der Waals surface area (Å²) >= 11 is 0. The molecule has 0 fully saturated rings. The van der Waals surface area contributed by atoms with Gasteiger partial charge in [0.1, 0.15) is 29.0 Å². The Morgan fingerprint density at radius 1 is 1.21 bits per heavy atom. The maximum Gasteiger partial charge on any atom is 0.135 e. The zero-order valence-electron chi connectivity index (χ0n) is 12.7. The van der Waals surface area contributed by atoms with E-state index in [0.29, 0.717) is 11.5 Å². The van der Waals surface area contributed by atoms with Crippen LogP contribution >= 0.6 is 0 Å². The molecule has 3 heterocycles. The van der Waals surface area contributed by atoms with Crippen molar-refractivity contribution in [1.82, 2.24) is 25.8 Å². The van der Waals surface area contributed by atoms with E-state index in [-0.39, 0.29) is 5.56 Å². The van der Waals surface area contributed by atoms with Crippen LogP contribution in [0.15, 0.2) is 36.2 Å². The fraction of sp³-hybridized carbons (Fsp3) is 0.188. The number of aromatic nitrogens is 2. The Morgan fingerprint density at radius 3 is 2.79 bits per heavy atom. The van der Waals surface area contributed by atoms with Crippen LogP contribution in [0.3, 0.4) is 0 Å². The lowest BCUT2D eigenvalue weighted by atomic mass is 10.1. The van der Waals surface area contributed by atoms with Crippen LogP contribution in [-0.2, 0) is 13.0 Å². The first-order chi connectivity index (χ1) is 11.7. The van der Waals surface area contributed by atoms with Gasteiger partial charge in [0.05, 0.1) is 11.4 Å². The number of halogens is 2. The van der Waals surface area contributed by atoms with E-state index in [2.05, 4.69) is 25.8 Å². The highest BCUT2D eigenvalue weighted by Gasteiger charge is 2.26. The van der Waals surface area contributed by atoms with Crippen LogP contribution in [0, 0.1) is 11.6 Å². The van der Waals surface area contributed by atoms with Crippen LogP contribution in [0.4, 0.5) is 8.78 Å². The number of rotatable bonds is 3. The van der Waals surface area contributed by atoms with Gasteiger partial charge in [0.25, 0.3) is 0 Å². The first kappa shape index (κ1) is 14.7. The molecule has 0 aliphatic carbocycles. The van der Waals surface area contributed by atoms with Crippen LogP contribution in [0.2, 0.25) is 0 Å². The molecular weight excluding hydrogens is 314 g/mol. The molecule has 5 N–H and O–H groups in total. The van der Waals surface area contributed by atoms with Gasteiger partial charge in [-0.15, -0.1) is 0 Å². The number of aryl methyl sites for hydroxylation is 1. The molecule has 4 rings (SSSR count). The summed E-state index contributed by atoms with van der Waals surface area (Å²) in [6.07, 6.45) is 5.43. The molecule has 0 saturated carbocycles. The molecule has 0 radical (unpaired) electrons. The maximum absolute atomic E-state index is 14.3. The predicted octanol–water partition coefficient (Wildman–Crippen LogP) is 1.53. The molecule has 8 heteroatoms. The van der Waals surface area contributed by atoms with Crippen molar-refractivity contribution in [2.45, 2.75) is 19.4 Å². The normalized spacial score (nSPS) is 16.0. The monoisotopic (exact) mass is 330 g/mol. The van der Waals surface area contributed by atoms with E-state index in [0.717, 1.165) is 42.7 Å². The second-order valence-corrected chi connectivity index (χ2v) is 5.66.